The Morgan fingerprint density at radius 3 is 2.95 bits per heavy atom. The van der Waals surface area contributed by atoms with E-state index in [4.69, 9.17) is 0 Å². The summed E-state index contributed by atoms with van der Waals surface area (Å²) in [7, 11) is 0. The lowest BCUT2D eigenvalue weighted by atomic mass is 9.86. The molecule has 21 heavy (non-hydrogen) atoms. The summed E-state index contributed by atoms with van der Waals surface area (Å²) in [6.45, 7) is 2.21. The number of amides is 1. The van der Waals surface area contributed by atoms with Crippen molar-refractivity contribution in [2.75, 3.05) is 0 Å². The molecule has 3 rings (SSSR count). The first kappa shape index (κ1) is 13.7. The van der Waals surface area contributed by atoms with E-state index in [1.54, 1.807) is 10.7 Å². The van der Waals surface area contributed by atoms with Crippen LogP contribution in [0.2, 0.25) is 0 Å². The van der Waals surface area contributed by atoms with Crippen LogP contribution in [0.15, 0.2) is 30.6 Å². The van der Waals surface area contributed by atoms with Crippen molar-refractivity contribution in [3.63, 3.8) is 0 Å². The second-order valence-electron chi connectivity index (χ2n) is 5.65. The molecule has 1 aliphatic carbocycles. The quantitative estimate of drug-likeness (QED) is 0.935. The normalized spacial score (nSPS) is 22.0. The highest BCUT2D eigenvalue weighted by Crippen LogP contribution is 2.24. The number of carbonyl (C=O) groups excluding carboxylic acids is 1. The fraction of sp³-hybridized carbons (Fsp3) is 0.467. The van der Waals surface area contributed by atoms with Gasteiger partial charge in [0.2, 0.25) is 0 Å². The monoisotopic (exact) mass is 285 g/mol. The van der Waals surface area contributed by atoms with Gasteiger partial charge in [0.1, 0.15) is 6.33 Å². The highest BCUT2D eigenvalue weighted by atomic mass is 16.1. The molecular formula is C15H19N5O. The van der Waals surface area contributed by atoms with Crippen molar-refractivity contribution < 1.29 is 4.79 Å². The van der Waals surface area contributed by atoms with Gasteiger partial charge >= 0.3 is 0 Å². The molecule has 0 bridgehead atoms. The Kier molecular flexibility index (Phi) is 3.94. The van der Waals surface area contributed by atoms with Crippen molar-refractivity contribution in [1.82, 2.24) is 25.5 Å². The maximum absolute atomic E-state index is 12.4. The molecule has 1 amide bonds. The lowest BCUT2D eigenvalue weighted by Gasteiger charge is -2.29. The molecular weight excluding hydrogens is 266 g/mol. The van der Waals surface area contributed by atoms with Crippen LogP contribution < -0.4 is 5.32 Å². The summed E-state index contributed by atoms with van der Waals surface area (Å²) in [5.41, 5.74) is 1.42. The SMILES string of the molecule is C[C@H]1CCCC[C@H]1NC(=O)c1cccc(-n2cnnn2)c1. The van der Waals surface area contributed by atoms with Gasteiger partial charge in [-0.05, 0) is 47.4 Å². The number of carbonyl (C=O) groups is 1. The Morgan fingerprint density at radius 2 is 2.19 bits per heavy atom. The van der Waals surface area contributed by atoms with Gasteiger partial charge in [0.05, 0.1) is 5.69 Å². The molecule has 1 N–H and O–H groups in total. The minimum atomic E-state index is -0.0244. The summed E-state index contributed by atoms with van der Waals surface area (Å²) in [6, 6.07) is 7.62. The number of rotatable bonds is 3. The Labute approximate surface area is 123 Å². The number of tetrazole rings is 1. The van der Waals surface area contributed by atoms with E-state index in [-0.39, 0.29) is 11.9 Å². The number of aromatic nitrogens is 4. The maximum Gasteiger partial charge on any atom is 0.251 e. The molecule has 0 radical (unpaired) electrons. The van der Waals surface area contributed by atoms with Crippen LogP contribution in [0, 0.1) is 5.92 Å². The third kappa shape index (κ3) is 3.09. The molecule has 0 aliphatic heterocycles. The van der Waals surface area contributed by atoms with Gasteiger partial charge in [-0.2, -0.15) is 0 Å². The van der Waals surface area contributed by atoms with Crippen LogP contribution in [-0.2, 0) is 0 Å². The highest BCUT2D eigenvalue weighted by molar-refractivity contribution is 5.94. The van der Waals surface area contributed by atoms with Gasteiger partial charge in [-0.1, -0.05) is 25.8 Å². The molecule has 6 heteroatoms. The molecule has 0 unspecified atom stereocenters. The predicted octanol–water partition coefficient (Wildman–Crippen LogP) is 1.97. The van der Waals surface area contributed by atoms with Gasteiger partial charge in [-0.15, -0.1) is 5.10 Å². The van der Waals surface area contributed by atoms with Crippen molar-refractivity contribution in [1.29, 1.82) is 0 Å². The first-order valence-corrected chi connectivity index (χ1v) is 7.38. The zero-order valence-electron chi connectivity index (χ0n) is 12.1. The molecule has 0 saturated heterocycles. The van der Waals surface area contributed by atoms with E-state index in [2.05, 4.69) is 27.8 Å². The second kappa shape index (κ2) is 6.03. The number of nitrogens with zero attached hydrogens (tertiary/aromatic N) is 4. The molecule has 2 atom stereocenters. The zero-order chi connectivity index (χ0) is 14.7. The van der Waals surface area contributed by atoms with Gasteiger partial charge in [-0.3, -0.25) is 4.79 Å². The first-order chi connectivity index (χ1) is 10.2. The molecule has 2 aromatic rings. The summed E-state index contributed by atoms with van der Waals surface area (Å²) in [5.74, 6) is 0.522. The minimum absolute atomic E-state index is 0.0244. The van der Waals surface area contributed by atoms with E-state index in [9.17, 15) is 4.79 Å². The molecule has 1 heterocycles. The first-order valence-electron chi connectivity index (χ1n) is 7.38. The smallest absolute Gasteiger partial charge is 0.251 e. The maximum atomic E-state index is 12.4. The van der Waals surface area contributed by atoms with Crippen molar-refractivity contribution in [3.8, 4) is 5.69 Å². The summed E-state index contributed by atoms with van der Waals surface area (Å²) in [6.07, 6.45) is 6.23. The third-order valence-corrected chi connectivity index (χ3v) is 4.15. The molecule has 1 aliphatic rings. The Hall–Kier alpha value is -2.24. The molecule has 110 valence electrons. The molecule has 1 fully saturated rings. The topological polar surface area (TPSA) is 72.7 Å². The van der Waals surface area contributed by atoms with E-state index < -0.39 is 0 Å². The van der Waals surface area contributed by atoms with Crippen molar-refractivity contribution in [3.05, 3.63) is 36.2 Å². The van der Waals surface area contributed by atoms with Crippen LogP contribution in [0.5, 0.6) is 0 Å². The van der Waals surface area contributed by atoms with Gasteiger partial charge < -0.3 is 5.32 Å². The Balaban J connectivity index is 1.74. The number of hydrogen-bond acceptors (Lipinski definition) is 4. The fourth-order valence-corrected chi connectivity index (χ4v) is 2.85. The number of hydrogen-bond donors (Lipinski definition) is 1. The number of benzene rings is 1. The standard InChI is InChI=1S/C15H19N5O/c1-11-5-2-3-8-14(11)17-15(21)12-6-4-7-13(9-12)20-10-16-18-19-20/h4,6-7,9-11,14H,2-3,5,8H2,1H3,(H,17,21)/t11-,14+/m0/s1. The number of nitrogens with one attached hydrogen (secondary N) is 1. The average Bonchev–Trinajstić information content (AvgIpc) is 3.04. The largest absolute Gasteiger partial charge is 0.349 e. The van der Waals surface area contributed by atoms with E-state index >= 15 is 0 Å². The Morgan fingerprint density at radius 1 is 1.33 bits per heavy atom. The third-order valence-electron chi connectivity index (χ3n) is 4.15. The van der Waals surface area contributed by atoms with Gasteiger partial charge in [0, 0.05) is 11.6 Å². The van der Waals surface area contributed by atoms with Crippen molar-refractivity contribution in [2.24, 2.45) is 5.92 Å². The summed E-state index contributed by atoms with van der Waals surface area (Å²) >= 11 is 0. The van der Waals surface area contributed by atoms with Crippen LogP contribution >= 0.6 is 0 Å². The molecule has 1 saturated carbocycles. The summed E-state index contributed by atoms with van der Waals surface area (Å²) in [5, 5.41) is 14.2. The van der Waals surface area contributed by atoms with Gasteiger partial charge in [-0.25, -0.2) is 4.68 Å². The summed E-state index contributed by atoms with van der Waals surface area (Å²) < 4.78 is 1.54. The fourth-order valence-electron chi connectivity index (χ4n) is 2.85. The van der Waals surface area contributed by atoms with Gasteiger partial charge in [0.15, 0.2) is 0 Å². The van der Waals surface area contributed by atoms with E-state index in [1.165, 1.54) is 25.6 Å². The van der Waals surface area contributed by atoms with E-state index in [0.29, 0.717) is 11.5 Å². The lowest BCUT2D eigenvalue weighted by Crippen LogP contribution is -2.41. The minimum Gasteiger partial charge on any atom is -0.349 e. The van der Waals surface area contributed by atoms with E-state index in [0.717, 1.165) is 12.1 Å². The zero-order valence-corrected chi connectivity index (χ0v) is 12.1. The molecule has 0 spiro atoms. The Bertz CT molecular complexity index is 610. The van der Waals surface area contributed by atoms with Crippen LogP contribution in [0.1, 0.15) is 43.0 Å². The lowest BCUT2D eigenvalue weighted by molar-refractivity contribution is 0.0910. The van der Waals surface area contributed by atoms with Crippen LogP contribution in [0.4, 0.5) is 0 Å². The van der Waals surface area contributed by atoms with Crippen LogP contribution in [0.25, 0.3) is 5.69 Å². The van der Waals surface area contributed by atoms with Crippen LogP contribution in [0.3, 0.4) is 0 Å². The van der Waals surface area contributed by atoms with Crippen molar-refractivity contribution >= 4 is 5.91 Å². The molecule has 1 aromatic carbocycles. The molecule has 6 nitrogen and oxygen atoms in total. The second-order valence-corrected chi connectivity index (χ2v) is 5.65. The summed E-state index contributed by atoms with van der Waals surface area (Å²) in [4.78, 5) is 12.4. The molecule has 1 aromatic heterocycles. The average molecular weight is 285 g/mol. The van der Waals surface area contributed by atoms with Gasteiger partial charge in [0.25, 0.3) is 5.91 Å². The highest BCUT2D eigenvalue weighted by Gasteiger charge is 2.23. The predicted molar refractivity (Wildman–Crippen MR) is 78.0 cm³/mol. The van der Waals surface area contributed by atoms with Crippen LogP contribution in [-0.4, -0.2) is 32.2 Å². The van der Waals surface area contributed by atoms with Crippen molar-refractivity contribution in [2.45, 2.75) is 38.6 Å². The van der Waals surface area contributed by atoms with E-state index in [1.807, 2.05) is 18.2 Å².